The van der Waals surface area contributed by atoms with Crippen molar-refractivity contribution in [1.29, 1.82) is 0 Å². The van der Waals surface area contributed by atoms with E-state index in [2.05, 4.69) is 22.3 Å². The number of rotatable bonds is 3. The van der Waals surface area contributed by atoms with Crippen LogP contribution in [0.3, 0.4) is 0 Å². The summed E-state index contributed by atoms with van der Waals surface area (Å²) in [5.74, 6) is 1.67. The number of benzene rings is 1. The summed E-state index contributed by atoms with van der Waals surface area (Å²) in [6.45, 7) is 4.36. The zero-order chi connectivity index (χ0) is 14.7. The molecule has 0 spiro atoms. The molecule has 4 nitrogen and oxygen atoms in total. The largest absolute Gasteiger partial charge is 0.493 e. The summed E-state index contributed by atoms with van der Waals surface area (Å²) in [5, 5.41) is 3.56. The van der Waals surface area contributed by atoms with E-state index in [9.17, 15) is 0 Å². The summed E-state index contributed by atoms with van der Waals surface area (Å²) >= 11 is 0. The molecule has 3 rings (SSSR count). The fourth-order valence-electron chi connectivity index (χ4n) is 3.59. The van der Waals surface area contributed by atoms with Crippen LogP contribution in [0.15, 0.2) is 12.1 Å². The molecule has 0 aromatic heterocycles. The van der Waals surface area contributed by atoms with Crippen molar-refractivity contribution in [2.75, 3.05) is 33.9 Å². The number of nitrogens with one attached hydrogen (secondary N) is 1. The van der Waals surface area contributed by atoms with Crippen LogP contribution in [-0.4, -0.2) is 38.8 Å². The maximum atomic E-state index is 5.50. The van der Waals surface area contributed by atoms with Gasteiger partial charge >= 0.3 is 0 Å². The SMILES string of the molecule is COc1cc2c(cc1OC)[C@H](N1CCCCCC1)CNC2. The Morgan fingerprint density at radius 2 is 1.67 bits per heavy atom. The quantitative estimate of drug-likeness (QED) is 0.928. The summed E-state index contributed by atoms with van der Waals surface area (Å²) in [6, 6.07) is 4.78. The monoisotopic (exact) mass is 290 g/mol. The van der Waals surface area contributed by atoms with Crippen molar-refractivity contribution in [3.63, 3.8) is 0 Å². The molecule has 116 valence electrons. The predicted molar refractivity (Wildman–Crippen MR) is 84.0 cm³/mol. The molecule has 1 saturated heterocycles. The molecule has 0 amide bonds. The lowest BCUT2D eigenvalue weighted by atomic mass is 9.94. The molecule has 1 N–H and O–H groups in total. The van der Waals surface area contributed by atoms with Gasteiger partial charge in [-0.3, -0.25) is 4.90 Å². The van der Waals surface area contributed by atoms with E-state index in [0.717, 1.165) is 24.6 Å². The lowest BCUT2D eigenvalue weighted by Crippen LogP contribution is -2.40. The van der Waals surface area contributed by atoms with Gasteiger partial charge in [0.1, 0.15) is 0 Å². The highest BCUT2D eigenvalue weighted by molar-refractivity contribution is 5.49. The van der Waals surface area contributed by atoms with Crippen molar-refractivity contribution in [1.82, 2.24) is 10.2 Å². The van der Waals surface area contributed by atoms with E-state index in [0.29, 0.717) is 6.04 Å². The third-order valence-electron chi connectivity index (χ3n) is 4.74. The van der Waals surface area contributed by atoms with Crippen molar-refractivity contribution in [3.8, 4) is 11.5 Å². The topological polar surface area (TPSA) is 33.7 Å². The Labute approximate surface area is 127 Å². The Kier molecular flexibility index (Phi) is 4.66. The van der Waals surface area contributed by atoms with E-state index in [-0.39, 0.29) is 0 Å². The van der Waals surface area contributed by atoms with Crippen LogP contribution in [0.5, 0.6) is 11.5 Å². The highest BCUT2D eigenvalue weighted by Gasteiger charge is 2.27. The van der Waals surface area contributed by atoms with Crippen molar-refractivity contribution < 1.29 is 9.47 Å². The van der Waals surface area contributed by atoms with Crippen molar-refractivity contribution >= 4 is 0 Å². The Bertz CT molecular complexity index is 482. The maximum absolute atomic E-state index is 5.50. The molecule has 1 aromatic rings. The van der Waals surface area contributed by atoms with Crippen LogP contribution in [0.1, 0.15) is 42.9 Å². The molecular formula is C17H26N2O2. The first kappa shape index (κ1) is 14.7. The highest BCUT2D eigenvalue weighted by atomic mass is 16.5. The van der Waals surface area contributed by atoms with Crippen molar-refractivity contribution in [3.05, 3.63) is 23.3 Å². The van der Waals surface area contributed by atoms with Crippen molar-refractivity contribution in [2.45, 2.75) is 38.3 Å². The Morgan fingerprint density at radius 1 is 1.00 bits per heavy atom. The number of fused-ring (bicyclic) bond motifs is 1. The molecule has 0 saturated carbocycles. The molecule has 1 fully saturated rings. The highest BCUT2D eigenvalue weighted by Crippen LogP contribution is 2.37. The second-order valence-corrected chi connectivity index (χ2v) is 6.00. The molecular weight excluding hydrogens is 264 g/mol. The fraction of sp³-hybridized carbons (Fsp3) is 0.647. The second-order valence-electron chi connectivity index (χ2n) is 6.00. The summed E-state index contributed by atoms with van der Waals surface area (Å²) in [7, 11) is 3.42. The summed E-state index contributed by atoms with van der Waals surface area (Å²) < 4.78 is 10.9. The smallest absolute Gasteiger partial charge is 0.161 e. The molecule has 2 aliphatic rings. The summed E-state index contributed by atoms with van der Waals surface area (Å²) in [6.07, 6.45) is 5.38. The second kappa shape index (κ2) is 6.67. The van der Waals surface area contributed by atoms with Crippen LogP contribution in [0.2, 0.25) is 0 Å². The number of hydrogen-bond acceptors (Lipinski definition) is 4. The van der Waals surface area contributed by atoms with Crippen LogP contribution in [0.25, 0.3) is 0 Å². The van der Waals surface area contributed by atoms with Gasteiger partial charge in [-0.15, -0.1) is 0 Å². The van der Waals surface area contributed by atoms with Crippen LogP contribution < -0.4 is 14.8 Å². The molecule has 0 aliphatic carbocycles. The van der Waals surface area contributed by atoms with Gasteiger partial charge in [0, 0.05) is 19.1 Å². The third-order valence-corrected chi connectivity index (χ3v) is 4.74. The number of likely N-dealkylation sites (tertiary alicyclic amines) is 1. The first-order chi connectivity index (χ1) is 10.3. The molecule has 0 bridgehead atoms. The summed E-state index contributed by atoms with van der Waals surface area (Å²) in [4.78, 5) is 2.64. The standard InChI is InChI=1S/C17H26N2O2/c1-20-16-9-13-11-18-12-15(14(13)10-17(16)21-2)19-7-5-3-4-6-8-19/h9-10,15,18H,3-8,11-12H2,1-2H3/t15-/m1/s1. The van der Waals surface area contributed by atoms with E-state index >= 15 is 0 Å². The van der Waals surface area contributed by atoms with Gasteiger partial charge in [-0.25, -0.2) is 0 Å². The van der Waals surface area contributed by atoms with E-state index in [4.69, 9.17) is 9.47 Å². The Hall–Kier alpha value is -1.26. The lowest BCUT2D eigenvalue weighted by molar-refractivity contribution is 0.191. The predicted octanol–water partition coefficient (Wildman–Crippen LogP) is 2.72. The number of hydrogen-bond donors (Lipinski definition) is 1. The van der Waals surface area contributed by atoms with Crippen molar-refractivity contribution in [2.24, 2.45) is 0 Å². The first-order valence-corrected chi connectivity index (χ1v) is 8.03. The molecule has 0 radical (unpaired) electrons. The molecule has 4 heteroatoms. The normalized spacial score (nSPS) is 23.2. The minimum atomic E-state index is 0.464. The Morgan fingerprint density at radius 3 is 2.33 bits per heavy atom. The van der Waals surface area contributed by atoms with Gasteiger partial charge in [0.25, 0.3) is 0 Å². The molecule has 1 aromatic carbocycles. The van der Waals surface area contributed by atoms with Gasteiger partial charge < -0.3 is 14.8 Å². The molecule has 21 heavy (non-hydrogen) atoms. The van der Waals surface area contributed by atoms with Crippen LogP contribution in [0.4, 0.5) is 0 Å². The van der Waals surface area contributed by atoms with E-state index in [1.807, 2.05) is 0 Å². The molecule has 0 unspecified atom stereocenters. The van der Waals surface area contributed by atoms with Gasteiger partial charge in [0.2, 0.25) is 0 Å². The van der Waals surface area contributed by atoms with Gasteiger partial charge in [-0.05, 0) is 49.2 Å². The maximum Gasteiger partial charge on any atom is 0.161 e. The van der Waals surface area contributed by atoms with E-state index in [1.54, 1.807) is 14.2 Å². The van der Waals surface area contributed by atoms with Crippen LogP contribution in [0, 0.1) is 0 Å². The van der Waals surface area contributed by atoms with Gasteiger partial charge in [-0.1, -0.05) is 12.8 Å². The van der Waals surface area contributed by atoms with E-state index < -0.39 is 0 Å². The Balaban J connectivity index is 1.92. The fourth-order valence-corrected chi connectivity index (χ4v) is 3.59. The summed E-state index contributed by atoms with van der Waals surface area (Å²) in [5.41, 5.74) is 2.75. The average Bonchev–Trinajstić information content (AvgIpc) is 2.82. The lowest BCUT2D eigenvalue weighted by Gasteiger charge is -2.36. The number of ether oxygens (including phenoxy) is 2. The van der Waals surface area contributed by atoms with Gasteiger partial charge in [0.05, 0.1) is 14.2 Å². The van der Waals surface area contributed by atoms with Crippen LogP contribution in [-0.2, 0) is 6.54 Å². The molecule has 1 atom stereocenters. The first-order valence-electron chi connectivity index (χ1n) is 8.03. The average molecular weight is 290 g/mol. The number of nitrogens with zero attached hydrogens (tertiary/aromatic N) is 1. The molecule has 2 aliphatic heterocycles. The minimum absolute atomic E-state index is 0.464. The van der Waals surface area contributed by atoms with Gasteiger partial charge in [0.15, 0.2) is 11.5 Å². The number of methoxy groups -OCH3 is 2. The van der Waals surface area contributed by atoms with Gasteiger partial charge in [-0.2, -0.15) is 0 Å². The zero-order valence-corrected chi connectivity index (χ0v) is 13.2. The zero-order valence-electron chi connectivity index (χ0n) is 13.2. The van der Waals surface area contributed by atoms with E-state index in [1.165, 1.54) is 49.9 Å². The minimum Gasteiger partial charge on any atom is -0.493 e. The van der Waals surface area contributed by atoms with Crippen LogP contribution >= 0.6 is 0 Å². The third kappa shape index (κ3) is 3.01. The molecule has 2 heterocycles.